The summed E-state index contributed by atoms with van der Waals surface area (Å²) < 4.78 is 10.5. The second kappa shape index (κ2) is 8.43. The van der Waals surface area contributed by atoms with Crippen LogP contribution in [0.4, 0.5) is 0 Å². The third-order valence-electron chi connectivity index (χ3n) is 4.37. The number of H-pyrrole nitrogens is 1. The largest absolute Gasteiger partial charge is 0.465 e. The molecule has 0 saturated heterocycles. The number of aromatic nitrogens is 3. The van der Waals surface area contributed by atoms with Crippen LogP contribution in [-0.4, -0.2) is 39.3 Å². The highest BCUT2D eigenvalue weighted by Gasteiger charge is 2.27. The molecule has 1 aromatic carbocycles. The summed E-state index contributed by atoms with van der Waals surface area (Å²) in [5.74, 6) is -0.121. The van der Waals surface area contributed by atoms with Crippen molar-refractivity contribution in [2.75, 3.05) is 7.11 Å². The first-order chi connectivity index (χ1) is 13.4. The fraction of sp³-hybridized carbons (Fsp3) is 0.300. The zero-order chi connectivity index (χ0) is 20.3. The molecule has 0 amide bonds. The van der Waals surface area contributed by atoms with Crippen LogP contribution in [0.2, 0.25) is 0 Å². The van der Waals surface area contributed by atoms with E-state index in [4.69, 9.17) is 9.15 Å². The van der Waals surface area contributed by atoms with Gasteiger partial charge < -0.3 is 14.1 Å². The summed E-state index contributed by atoms with van der Waals surface area (Å²) in [6.07, 6.45) is 0.536. The molecule has 28 heavy (non-hydrogen) atoms. The van der Waals surface area contributed by atoms with Gasteiger partial charge >= 0.3 is 5.97 Å². The van der Waals surface area contributed by atoms with Crippen molar-refractivity contribution in [2.45, 2.75) is 37.7 Å². The number of methoxy groups -OCH3 is 1. The number of aromatic amines is 1. The summed E-state index contributed by atoms with van der Waals surface area (Å²) in [7, 11) is 1.32. The van der Waals surface area contributed by atoms with Gasteiger partial charge in [-0.1, -0.05) is 42.1 Å². The standard InChI is InChI=1S/C20H21N3O4S/c1-11-16(19(25)26-4)12(2)21-17(11)18(24)13(3)28-20-23-22-15(27-20)10-14-8-6-5-7-9-14/h5-9,13,21H,10H2,1-4H3/t13-/m1/s1. The van der Waals surface area contributed by atoms with Crippen molar-refractivity contribution >= 4 is 23.5 Å². The van der Waals surface area contributed by atoms with Crippen molar-refractivity contribution in [3.8, 4) is 0 Å². The fourth-order valence-corrected chi connectivity index (χ4v) is 3.70. The lowest BCUT2D eigenvalue weighted by Crippen LogP contribution is -2.15. The van der Waals surface area contributed by atoms with E-state index in [0.717, 1.165) is 5.56 Å². The van der Waals surface area contributed by atoms with Crippen LogP contribution in [0, 0.1) is 13.8 Å². The predicted octanol–water partition coefficient (Wildman–Crippen LogP) is 3.76. The fourth-order valence-electron chi connectivity index (χ4n) is 2.94. The monoisotopic (exact) mass is 399 g/mol. The molecule has 0 aliphatic carbocycles. The molecule has 2 aromatic heterocycles. The Morgan fingerprint density at radius 3 is 2.61 bits per heavy atom. The number of carbonyl (C=O) groups excluding carboxylic acids is 2. The van der Waals surface area contributed by atoms with Crippen LogP contribution in [0.25, 0.3) is 0 Å². The van der Waals surface area contributed by atoms with Crippen LogP contribution in [0.5, 0.6) is 0 Å². The highest BCUT2D eigenvalue weighted by molar-refractivity contribution is 8.00. The van der Waals surface area contributed by atoms with Gasteiger partial charge in [-0.05, 0) is 31.9 Å². The van der Waals surface area contributed by atoms with Crippen molar-refractivity contribution in [3.63, 3.8) is 0 Å². The molecule has 0 aliphatic rings. The SMILES string of the molecule is COC(=O)c1c(C)[nH]c(C(=O)[C@@H](C)Sc2nnc(Cc3ccccc3)o2)c1C. The number of esters is 1. The first kappa shape index (κ1) is 19.9. The molecule has 3 aromatic rings. The number of ether oxygens (including phenoxy) is 1. The third kappa shape index (κ3) is 4.17. The number of thioether (sulfide) groups is 1. The Balaban J connectivity index is 1.71. The summed E-state index contributed by atoms with van der Waals surface area (Å²) in [5, 5.41) is 7.94. The third-order valence-corrected chi connectivity index (χ3v) is 5.30. The summed E-state index contributed by atoms with van der Waals surface area (Å²) in [6.45, 7) is 5.23. The minimum atomic E-state index is -0.465. The van der Waals surface area contributed by atoms with E-state index in [1.54, 1.807) is 20.8 Å². The number of hydrogen-bond acceptors (Lipinski definition) is 7. The molecule has 7 nitrogen and oxygen atoms in total. The average Bonchev–Trinajstić information content (AvgIpc) is 3.24. The molecule has 1 N–H and O–H groups in total. The molecule has 0 unspecified atom stereocenters. The Labute approximate surface area is 166 Å². The lowest BCUT2D eigenvalue weighted by atomic mass is 10.1. The Morgan fingerprint density at radius 2 is 1.93 bits per heavy atom. The molecule has 146 valence electrons. The van der Waals surface area contributed by atoms with Crippen molar-refractivity contribution in [2.24, 2.45) is 0 Å². The molecule has 0 fully saturated rings. The molecular formula is C20H21N3O4S. The molecular weight excluding hydrogens is 378 g/mol. The second-order valence-electron chi connectivity index (χ2n) is 6.36. The molecule has 0 saturated carbocycles. The van der Waals surface area contributed by atoms with E-state index in [-0.39, 0.29) is 5.78 Å². The Kier molecular flexibility index (Phi) is 5.99. The van der Waals surface area contributed by atoms with Crippen molar-refractivity contribution in [1.29, 1.82) is 0 Å². The molecule has 1 atom stereocenters. The zero-order valence-corrected chi connectivity index (χ0v) is 16.9. The minimum Gasteiger partial charge on any atom is -0.465 e. The number of aryl methyl sites for hydroxylation is 1. The number of rotatable bonds is 7. The quantitative estimate of drug-likeness (QED) is 0.367. The van der Waals surface area contributed by atoms with Crippen LogP contribution in [0.15, 0.2) is 40.0 Å². The molecule has 0 radical (unpaired) electrons. The minimum absolute atomic E-state index is 0.149. The van der Waals surface area contributed by atoms with Crippen molar-refractivity contribution in [1.82, 2.24) is 15.2 Å². The van der Waals surface area contributed by atoms with Gasteiger partial charge in [-0.2, -0.15) is 0 Å². The van der Waals surface area contributed by atoms with Crippen LogP contribution < -0.4 is 0 Å². The number of Topliss-reactive ketones (excluding diaryl/α,β-unsaturated/α-hetero) is 1. The zero-order valence-electron chi connectivity index (χ0n) is 16.1. The normalized spacial score (nSPS) is 12.0. The highest BCUT2D eigenvalue weighted by Crippen LogP contribution is 2.27. The lowest BCUT2D eigenvalue weighted by molar-refractivity contribution is 0.0599. The maximum Gasteiger partial charge on any atom is 0.339 e. The van der Waals surface area contributed by atoms with Gasteiger partial charge in [0, 0.05) is 5.69 Å². The molecule has 3 rings (SSSR count). The van der Waals surface area contributed by atoms with Gasteiger partial charge in [-0.3, -0.25) is 4.79 Å². The van der Waals surface area contributed by atoms with E-state index in [1.165, 1.54) is 18.9 Å². The number of carbonyl (C=O) groups is 2. The van der Waals surface area contributed by atoms with E-state index < -0.39 is 11.2 Å². The van der Waals surface area contributed by atoms with E-state index in [2.05, 4.69) is 15.2 Å². The average molecular weight is 399 g/mol. The number of ketones is 1. The first-order valence-electron chi connectivity index (χ1n) is 8.75. The van der Waals surface area contributed by atoms with Gasteiger partial charge in [0.25, 0.3) is 5.22 Å². The van der Waals surface area contributed by atoms with Crippen molar-refractivity contribution < 1.29 is 18.7 Å². The van der Waals surface area contributed by atoms with Gasteiger partial charge in [-0.25, -0.2) is 4.79 Å². The van der Waals surface area contributed by atoms with Gasteiger partial charge in [0.15, 0.2) is 5.78 Å². The lowest BCUT2D eigenvalue weighted by Gasteiger charge is -2.07. The summed E-state index contributed by atoms with van der Waals surface area (Å²) >= 11 is 1.19. The highest BCUT2D eigenvalue weighted by atomic mass is 32.2. The molecule has 0 aliphatic heterocycles. The predicted molar refractivity (Wildman–Crippen MR) is 105 cm³/mol. The smallest absolute Gasteiger partial charge is 0.339 e. The summed E-state index contributed by atoms with van der Waals surface area (Å²) in [6, 6.07) is 9.81. The summed E-state index contributed by atoms with van der Waals surface area (Å²) in [4.78, 5) is 27.8. The van der Waals surface area contributed by atoms with E-state index >= 15 is 0 Å². The van der Waals surface area contributed by atoms with Gasteiger partial charge in [0.1, 0.15) is 0 Å². The number of hydrogen-bond donors (Lipinski definition) is 1. The van der Waals surface area contributed by atoms with E-state index in [9.17, 15) is 9.59 Å². The number of nitrogens with one attached hydrogen (secondary N) is 1. The van der Waals surface area contributed by atoms with Crippen molar-refractivity contribution in [3.05, 3.63) is 64.3 Å². The van der Waals surface area contributed by atoms with Gasteiger partial charge in [0.05, 0.1) is 30.0 Å². The number of nitrogens with zero attached hydrogens (tertiary/aromatic N) is 2. The Morgan fingerprint density at radius 1 is 1.21 bits per heavy atom. The molecule has 8 heteroatoms. The van der Waals surface area contributed by atoms with E-state index in [0.29, 0.717) is 40.0 Å². The molecule has 2 heterocycles. The van der Waals surface area contributed by atoms with Gasteiger partial charge in [0.2, 0.25) is 5.89 Å². The van der Waals surface area contributed by atoms with Crippen LogP contribution in [-0.2, 0) is 11.2 Å². The summed E-state index contributed by atoms with van der Waals surface area (Å²) in [5.41, 5.74) is 3.04. The van der Waals surface area contributed by atoms with Crippen LogP contribution in [0.1, 0.15) is 50.5 Å². The van der Waals surface area contributed by atoms with Gasteiger partial charge in [-0.15, -0.1) is 10.2 Å². The Bertz CT molecular complexity index is 994. The van der Waals surface area contributed by atoms with Crippen LogP contribution in [0.3, 0.4) is 0 Å². The topological polar surface area (TPSA) is 98.1 Å². The van der Waals surface area contributed by atoms with E-state index in [1.807, 2.05) is 30.3 Å². The number of benzene rings is 1. The van der Waals surface area contributed by atoms with Crippen LogP contribution >= 0.6 is 11.8 Å². The first-order valence-corrected chi connectivity index (χ1v) is 9.63. The maximum absolute atomic E-state index is 12.9. The maximum atomic E-state index is 12.9. The molecule has 0 spiro atoms. The second-order valence-corrected chi connectivity index (χ2v) is 7.66. The molecule has 0 bridgehead atoms. The Hall–Kier alpha value is -2.87.